The molecule has 0 aliphatic rings. The van der Waals surface area contributed by atoms with Crippen LogP contribution in [0.3, 0.4) is 0 Å². The molecule has 70 valence electrons. The molecule has 0 radical (unpaired) electrons. The Labute approximate surface area is 75.5 Å². The van der Waals surface area contributed by atoms with Crippen LogP contribution >= 0.6 is 0 Å². The number of carbonyl (C=O) groups is 1. The van der Waals surface area contributed by atoms with E-state index in [4.69, 9.17) is 15.2 Å². The van der Waals surface area contributed by atoms with Gasteiger partial charge in [0.25, 0.3) is 5.91 Å². The Hall–Kier alpha value is -1.78. The normalized spacial score (nSPS) is 9.38. The number of aromatic nitrogens is 1. The minimum Gasteiger partial charge on any atom is -0.481 e. The van der Waals surface area contributed by atoms with Crippen molar-refractivity contribution >= 4 is 5.91 Å². The van der Waals surface area contributed by atoms with Gasteiger partial charge in [0.2, 0.25) is 11.8 Å². The molecular formula is C8H10N2O3. The van der Waals surface area contributed by atoms with Crippen LogP contribution in [0, 0.1) is 0 Å². The fourth-order valence-electron chi connectivity index (χ4n) is 0.880. The van der Waals surface area contributed by atoms with Crippen LogP contribution in [0.15, 0.2) is 12.1 Å². The lowest BCUT2D eigenvalue weighted by Crippen LogP contribution is -2.13. The molecule has 0 aliphatic heterocycles. The minimum absolute atomic E-state index is 0.173. The van der Waals surface area contributed by atoms with Crippen LogP contribution in [-0.4, -0.2) is 25.1 Å². The molecule has 0 unspecified atom stereocenters. The maximum absolute atomic E-state index is 10.8. The number of pyridine rings is 1. The Bertz CT molecular complexity index is 325. The quantitative estimate of drug-likeness (QED) is 0.724. The molecule has 1 rings (SSSR count). The van der Waals surface area contributed by atoms with Crippen LogP contribution in [0.4, 0.5) is 0 Å². The molecule has 0 saturated heterocycles. The highest BCUT2D eigenvalue weighted by molar-refractivity contribution is 5.95. The van der Waals surface area contributed by atoms with Crippen LogP contribution in [0.1, 0.15) is 10.4 Å². The highest BCUT2D eigenvalue weighted by Gasteiger charge is 2.10. The smallest absolute Gasteiger partial charge is 0.254 e. The van der Waals surface area contributed by atoms with E-state index in [1.807, 2.05) is 0 Å². The zero-order valence-corrected chi connectivity index (χ0v) is 7.40. The molecule has 5 nitrogen and oxygen atoms in total. The van der Waals surface area contributed by atoms with Gasteiger partial charge in [-0.05, 0) is 6.07 Å². The average molecular weight is 182 g/mol. The van der Waals surface area contributed by atoms with E-state index in [9.17, 15) is 4.79 Å². The van der Waals surface area contributed by atoms with Crippen molar-refractivity contribution in [2.75, 3.05) is 14.2 Å². The van der Waals surface area contributed by atoms with Gasteiger partial charge in [-0.3, -0.25) is 4.79 Å². The van der Waals surface area contributed by atoms with Gasteiger partial charge in [0.1, 0.15) is 5.56 Å². The molecule has 1 aromatic heterocycles. The standard InChI is InChI=1S/C8H10N2O3/c1-12-6-4-3-5(7(9)11)8(10-6)13-2/h3-4H,1-2H3,(H2,9,11). The first-order chi connectivity index (χ1) is 6.19. The Morgan fingerprint density at radius 1 is 1.38 bits per heavy atom. The van der Waals surface area contributed by atoms with Crippen molar-refractivity contribution in [3.8, 4) is 11.8 Å². The second kappa shape index (κ2) is 3.75. The number of carbonyl (C=O) groups excluding carboxylic acids is 1. The predicted octanol–water partition coefficient (Wildman–Crippen LogP) is 0.198. The highest BCUT2D eigenvalue weighted by atomic mass is 16.5. The third-order valence-corrected chi connectivity index (χ3v) is 1.50. The zero-order valence-electron chi connectivity index (χ0n) is 7.40. The number of amides is 1. The number of rotatable bonds is 3. The van der Waals surface area contributed by atoms with Gasteiger partial charge in [0.15, 0.2) is 0 Å². The Morgan fingerprint density at radius 2 is 2.08 bits per heavy atom. The lowest BCUT2D eigenvalue weighted by molar-refractivity contribution is 0.0996. The van der Waals surface area contributed by atoms with Gasteiger partial charge in [-0.25, -0.2) is 0 Å². The van der Waals surface area contributed by atoms with Crippen molar-refractivity contribution in [1.82, 2.24) is 4.98 Å². The minimum atomic E-state index is -0.577. The van der Waals surface area contributed by atoms with Crippen molar-refractivity contribution < 1.29 is 14.3 Å². The molecule has 0 saturated carbocycles. The number of hydrogen-bond acceptors (Lipinski definition) is 4. The van der Waals surface area contributed by atoms with Crippen molar-refractivity contribution in [3.05, 3.63) is 17.7 Å². The predicted molar refractivity (Wildman–Crippen MR) is 45.9 cm³/mol. The zero-order chi connectivity index (χ0) is 9.84. The molecule has 1 heterocycles. The maximum Gasteiger partial charge on any atom is 0.254 e. The molecule has 1 aromatic rings. The molecule has 0 fully saturated rings. The molecule has 2 N–H and O–H groups in total. The molecular weight excluding hydrogens is 172 g/mol. The van der Waals surface area contributed by atoms with Crippen LogP contribution in [0.25, 0.3) is 0 Å². The van der Waals surface area contributed by atoms with Gasteiger partial charge in [-0.15, -0.1) is 0 Å². The topological polar surface area (TPSA) is 74.4 Å². The van der Waals surface area contributed by atoms with Gasteiger partial charge < -0.3 is 15.2 Å². The summed E-state index contributed by atoms with van der Waals surface area (Å²) in [5, 5.41) is 0. The van der Waals surface area contributed by atoms with E-state index < -0.39 is 5.91 Å². The first kappa shape index (κ1) is 9.31. The van der Waals surface area contributed by atoms with Gasteiger partial charge >= 0.3 is 0 Å². The molecule has 1 amide bonds. The summed E-state index contributed by atoms with van der Waals surface area (Å²) in [6.45, 7) is 0. The summed E-state index contributed by atoms with van der Waals surface area (Å²) < 4.78 is 9.71. The molecule has 0 aliphatic carbocycles. The second-order valence-electron chi connectivity index (χ2n) is 2.27. The Kier molecular flexibility index (Phi) is 2.69. The molecule has 0 aromatic carbocycles. The largest absolute Gasteiger partial charge is 0.481 e. The number of ether oxygens (including phenoxy) is 2. The van der Waals surface area contributed by atoms with Crippen LogP contribution in [-0.2, 0) is 0 Å². The Morgan fingerprint density at radius 3 is 2.54 bits per heavy atom. The summed E-state index contributed by atoms with van der Waals surface area (Å²) in [5.74, 6) is -0.0271. The third-order valence-electron chi connectivity index (χ3n) is 1.50. The lowest BCUT2D eigenvalue weighted by Gasteiger charge is -2.05. The summed E-state index contributed by atoms with van der Waals surface area (Å²) in [5.41, 5.74) is 5.32. The molecule has 5 heteroatoms. The first-order valence-electron chi connectivity index (χ1n) is 3.58. The van der Waals surface area contributed by atoms with Crippen molar-refractivity contribution in [2.24, 2.45) is 5.73 Å². The molecule has 0 atom stereocenters. The van der Waals surface area contributed by atoms with Crippen molar-refractivity contribution in [3.63, 3.8) is 0 Å². The maximum atomic E-state index is 10.8. The summed E-state index contributed by atoms with van der Waals surface area (Å²) >= 11 is 0. The van der Waals surface area contributed by atoms with E-state index in [1.165, 1.54) is 20.3 Å². The second-order valence-corrected chi connectivity index (χ2v) is 2.27. The Balaban J connectivity index is 3.15. The third kappa shape index (κ3) is 1.87. The average Bonchev–Trinajstić information content (AvgIpc) is 2.16. The monoisotopic (exact) mass is 182 g/mol. The summed E-state index contributed by atoms with van der Waals surface area (Å²) in [6.07, 6.45) is 0. The van der Waals surface area contributed by atoms with Crippen molar-refractivity contribution in [1.29, 1.82) is 0 Å². The highest BCUT2D eigenvalue weighted by Crippen LogP contribution is 2.18. The SMILES string of the molecule is COc1ccc(C(N)=O)c(OC)n1. The fourth-order valence-corrected chi connectivity index (χ4v) is 0.880. The fraction of sp³-hybridized carbons (Fsp3) is 0.250. The number of nitrogens with zero attached hydrogens (tertiary/aromatic N) is 1. The number of primary amides is 1. The van der Waals surface area contributed by atoms with Gasteiger partial charge in [-0.1, -0.05) is 0 Å². The summed E-state index contributed by atoms with van der Waals surface area (Å²) in [7, 11) is 2.89. The number of hydrogen-bond donors (Lipinski definition) is 1. The van der Waals surface area contributed by atoms with Gasteiger partial charge in [-0.2, -0.15) is 4.98 Å². The van der Waals surface area contributed by atoms with E-state index in [0.717, 1.165) is 0 Å². The van der Waals surface area contributed by atoms with Gasteiger partial charge in [0, 0.05) is 6.07 Å². The van der Waals surface area contributed by atoms with E-state index in [1.54, 1.807) is 6.07 Å². The van der Waals surface area contributed by atoms with Crippen LogP contribution in [0.5, 0.6) is 11.8 Å². The lowest BCUT2D eigenvalue weighted by atomic mass is 10.2. The number of nitrogens with two attached hydrogens (primary N) is 1. The van der Waals surface area contributed by atoms with Crippen LogP contribution < -0.4 is 15.2 Å². The van der Waals surface area contributed by atoms with E-state index in [0.29, 0.717) is 5.88 Å². The molecule has 0 bridgehead atoms. The van der Waals surface area contributed by atoms with Gasteiger partial charge in [0.05, 0.1) is 14.2 Å². The molecule has 0 spiro atoms. The van der Waals surface area contributed by atoms with Crippen molar-refractivity contribution in [2.45, 2.75) is 0 Å². The van der Waals surface area contributed by atoms with E-state index in [2.05, 4.69) is 4.98 Å². The van der Waals surface area contributed by atoms with E-state index >= 15 is 0 Å². The van der Waals surface area contributed by atoms with Crippen LogP contribution in [0.2, 0.25) is 0 Å². The number of methoxy groups -OCH3 is 2. The summed E-state index contributed by atoms with van der Waals surface area (Å²) in [4.78, 5) is 14.7. The van der Waals surface area contributed by atoms with E-state index in [-0.39, 0.29) is 11.4 Å². The first-order valence-corrected chi connectivity index (χ1v) is 3.58. The molecule has 13 heavy (non-hydrogen) atoms. The summed E-state index contributed by atoms with van der Waals surface area (Å²) in [6, 6.07) is 3.05.